The highest BCUT2D eigenvalue weighted by Gasteiger charge is 2.20. The van der Waals surface area contributed by atoms with Gasteiger partial charge in [0, 0.05) is 35.5 Å². The Balaban J connectivity index is 1.39. The van der Waals surface area contributed by atoms with Gasteiger partial charge in [-0.15, -0.1) is 11.3 Å². The predicted octanol–water partition coefficient (Wildman–Crippen LogP) is 6.46. The highest BCUT2D eigenvalue weighted by atomic mass is 32.1. The van der Waals surface area contributed by atoms with Gasteiger partial charge in [-0.05, 0) is 37.1 Å². The molecule has 1 aliphatic carbocycles. The van der Waals surface area contributed by atoms with Gasteiger partial charge in [-0.2, -0.15) is 0 Å². The number of hydrogen-bond donors (Lipinski definition) is 2. The van der Waals surface area contributed by atoms with Crippen LogP contribution in [0.1, 0.15) is 48.6 Å². The van der Waals surface area contributed by atoms with Crippen molar-refractivity contribution >= 4 is 23.1 Å². The van der Waals surface area contributed by atoms with Crippen molar-refractivity contribution in [1.82, 2.24) is 10.3 Å². The first-order valence-electron chi connectivity index (χ1n) is 10.1. The summed E-state index contributed by atoms with van der Waals surface area (Å²) in [6, 6.07) is 10.3. The number of rotatable bonds is 5. The molecule has 4 nitrogen and oxygen atoms in total. The van der Waals surface area contributed by atoms with E-state index < -0.39 is 11.8 Å². The first-order chi connectivity index (χ1) is 14.6. The van der Waals surface area contributed by atoms with Crippen LogP contribution >= 0.6 is 11.3 Å². The topological polar surface area (TPSA) is 54.0 Å². The molecule has 1 aliphatic rings. The molecule has 7 heteroatoms. The molecule has 3 aromatic rings. The molecule has 1 aromatic heterocycles. The molecule has 156 valence electrons. The second kappa shape index (κ2) is 9.34. The quantitative estimate of drug-likeness (QED) is 0.491. The average molecular weight is 428 g/mol. The molecule has 2 amide bonds. The molecule has 1 heterocycles. The molecule has 0 radical (unpaired) electrons. The van der Waals surface area contributed by atoms with E-state index in [4.69, 9.17) is 0 Å². The van der Waals surface area contributed by atoms with Gasteiger partial charge in [0.05, 0.1) is 9.88 Å². The van der Waals surface area contributed by atoms with Crippen molar-refractivity contribution in [2.45, 2.75) is 44.6 Å². The largest absolute Gasteiger partial charge is 0.334 e. The third-order valence-electron chi connectivity index (χ3n) is 5.37. The Kier molecular flexibility index (Phi) is 6.38. The smallest absolute Gasteiger partial charge is 0.319 e. The van der Waals surface area contributed by atoms with Crippen molar-refractivity contribution < 1.29 is 13.6 Å². The van der Waals surface area contributed by atoms with Crippen LogP contribution in [-0.4, -0.2) is 11.0 Å². The molecular formula is C23H23F2N3OS. The Morgan fingerprint density at radius 2 is 1.87 bits per heavy atom. The fourth-order valence-corrected chi connectivity index (χ4v) is 4.85. The van der Waals surface area contributed by atoms with Gasteiger partial charge in [0.2, 0.25) is 0 Å². The number of carbonyl (C=O) groups excluding carboxylic acids is 1. The van der Waals surface area contributed by atoms with E-state index in [9.17, 15) is 13.6 Å². The molecular weight excluding hydrogens is 404 g/mol. The van der Waals surface area contributed by atoms with Crippen LogP contribution < -0.4 is 10.6 Å². The Morgan fingerprint density at radius 1 is 1.07 bits per heavy atom. The summed E-state index contributed by atoms with van der Waals surface area (Å²) < 4.78 is 28.3. The van der Waals surface area contributed by atoms with Crippen LogP contribution in [-0.2, 0) is 6.54 Å². The fourth-order valence-electron chi connectivity index (χ4n) is 3.74. The molecule has 2 aromatic carbocycles. The van der Waals surface area contributed by atoms with E-state index in [2.05, 4.69) is 15.6 Å². The van der Waals surface area contributed by atoms with Gasteiger partial charge in [0.15, 0.2) is 0 Å². The van der Waals surface area contributed by atoms with Crippen molar-refractivity contribution in [3.63, 3.8) is 0 Å². The van der Waals surface area contributed by atoms with Gasteiger partial charge in [-0.3, -0.25) is 0 Å². The van der Waals surface area contributed by atoms with Gasteiger partial charge in [-0.1, -0.05) is 37.5 Å². The molecule has 0 bridgehead atoms. The van der Waals surface area contributed by atoms with Crippen molar-refractivity contribution in [1.29, 1.82) is 0 Å². The molecule has 0 unspecified atom stereocenters. The van der Waals surface area contributed by atoms with Crippen LogP contribution in [0.15, 0.2) is 48.7 Å². The normalized spacial score (nSPS) is 14.5. The number of amides is 2. The summed E-state index contributed by atoms with van der Waals surface area (Å²) in [4.78, 5) is 17.4. The number of aromatic nitrogens is 1. The van der Waals surface area contributed by atoms with Gasteiger partial charge in [-0.25, -0.2) is 18.6 Å². The van der Waals surface area contributed by atoms with E-state index >= 15 is 0 Å². The van der Waals surface area contributed by atoms with Crippen molar-refractivity contribution in [2.75, 3.05) is 5.32 Å². The van der Waals surface area contributed by atoms with Crippen molar-refractivity contribution in [2.24, 2.45) is 0 Å². The van der Waals surface area contributed by atoms with Crippen LogP contribution in [0, 0.1) is 11.6 Å². The number of halogens is 2. The van der Waals surface area contributed by atoms with Crippen LogP contribution in [0.4, 0.5) is 19.3 Å². The van der Waals surface area contributed by atoms with E-state index in [1.54, 1.807) is 47.9 Å². The second-order valence-corrected chi connectivity index (χ2v) is 8.55. The number of anilines is 1. The van der Waals surface area contributed by atoms with E-state index in [1.165, 1.54) is 31.4 Å². The summed E-state index contributed by atoms with van der Waals surface area (Å²) in [6.07, 6.45) is 7.79. The maximum atomic E-state index is 14.7. The van der Waals surface area contributed by atoms with Crippen LogP contribution in [0.5, 0.6) is 0 Å². The van der Waals surface area contributed by atoms with E-state index in [0.29, 0.717) is 22.7 Å². The minimum Gasteiger partial charge on any atom is -0.334 e. The molecule has 1 saturated carbocycles. The summed E-state index contributed by atoms with van der Waals surface area (Å²) in [5.41, 5.74) is 1.19. The third kappa shape index (κ3) is 4.84. The Bertz CT molecular complexity index is 1030. The zero-order valence-corrected chi connectivity index (χ0v) is 17.3. The monoisotopic (exact) mass is 427 g/mol. The zero-order chi connectivity index (χ0) is 20.9. The van der Waals surface area contributed by atoms with E-state index in [1.807, 2.05) is 0 Å². The third-order valence-corrected chi connectivity index (χ3v) is 6.56. The number of carbonyl (C=O) groups is 1. The molecule has 30 heavy (non-hydrogen) atoms. The van der Waals surface area contributed by atoms with Crippen molar-refractivity contribution in [3.05, 3.63) is 70.9 Å². The maximum absolute atomic E-state index is 14.7. The van der Waals surface area contributed by atoms with Crippen LogP contribution in [0.25, 0.3) is 10.4 Å². The lowest BCUT2D eigenvalue weighted by Gasteiger charge is -2.18. The number of nitrogens with zero attached hydrogens (tertiary/aromatic N) is 1. The van der Waals surface area contributed by atoms with Gasteiger partial charge < -0.3 is 10.6 Å². The Morgan fingerprint density at radius 3 is 2.63 bits per heavy atom. The fraction of sp³-hybridized carbons (Fsp3) is 0.304. The summed E-state index contributed by atoms with van der Waals surface area (Å²) in [7, 11) is 0. The number of benzene rings is 2. The minimum atomic E-state index is -0.525. The SMILES string of the molecule is O=C(NCc1ccccc1F)Nc1ccc(-c2cnc(C3CCCCC3)s2)c(F)c1. The Hall–Kier alpha value is -2.80. The highest BCUT2D eigenvalue weighted by Crippen LogP contribution is 2.38. The van der Waals surface area contributed by atoms with Gasteiger partial charge in [0.25, 0.3) is 0 Å². The summed E-state index contributed by atoms with van der Waals surface area (Å²) in [6.45, 7) is 0.0455. The van der Waals surface area contributed by atoms with Crippen LogP contribution in [0.3, 0.4) is 0 Å². The maximum Gasteiger partial charge on any atom is 0.319 e. The lowest BCUT2D eigenvalue weighted by atomic mass is 9.90. The predicted molar refractivity (Wildman–Crippen MR) is 116 cm³/mol. The zero-order valence-electron chi connectivity index (χ0n) is 16.5. The number of urea groups is 1. The molecule has 0 aliphatic heterocycles. The second-order valence-electron chi connectivity index (χ2n) is 7.49. The average Bonchev–Trinajstić information content (AvgIpc) is 3.24. The molecule has 0 spiro atoms. The van der Waals surface area contributed by atoms with Gasteiger partial charge >= 0.3 is 6.03 Å². The van der Waals surface area contributed by atoms with E-state index in [0.717, 1.165) is 22.7 Å². The molecule has 0 saturated heterocycles. The van der Waals surface area contributed by atoms with Gasteiger partial charge in [0.1, 0.15) is 11.6 Å². The summed E-state index contributed by atoms with van der Waals surface area (Å²) in [5.74, 6) is -0.314. The number of thiazole rings is 1. The molecule has 0 atom stereocenters. The summed E-state index contributed by atoms with van der Waals surface area (Å²) >= 11 is 1.55. The standard InChI is InChI=1S/C23H23F2N3OS/c24-19-9-5-4-8-16(19)13-27-23(29)28-17-10-11-18(20(25)12-17)21-14-26-22(30-21)15-6-2-1-3-7-15/h4-5,8-12,14-15H,1-3,6-7,13H2,(H2,27,28,29). The summed E-state index contributed by atoms with van der Waals surface area (Å²) in [5, 5.41) is 6.24. The van der Waals surface area contributed by atoms with E-state index in [-0.39, 0.29) is 12.4 Å². The number of nitrogens with one attached hydrogen (secondary N) is 2. The number of hydrogen-bond acceptors (Lipinski definition) is 3. The lowest BCUT2D eigenvalue weighted by Crippen LogP contribution is -2.28. The minimum absolute atomic E-state index is 0.0455. The van der Waals surface area contributed by atoms with Crippen LogP contribution in [0.2, 0.25) is 0 Å². The molecule has 4 rings (SSSR count). The first-order valence-corrected chi connectivity index (χ1v) is 11.0. The molecule has 1 fully saturated rings. The lowest BCUT2D eigenvalue weighted by molar-refractivity contribution is 0.251. The Labute approximate surface area is 178 Å². The highest BCUT2D eigenvalue weighted by molar-refractivity contribution is 7.15. The van der Waals surface area contributed by atoms with Crippen molar-refractivity contribution in [3.8, 4) is 10.4 Å². The molecule has 2 N–H and O–H groups in total. The first kappa shape index (κ1) is 20.5.